The normalized spacial score (nSPS) is 11.4. The van der Waals surface area contributed by atoms with Crippen molar-refractivity contribution in [3.8, 4) is 0 Å². The molecule has 0 radical (unpaired) electrons. The molecule has 1 rings (SSSR count). The summed E-state index contributed by atoms with van der Waals surface area (Å²) in [6.07, 6.45) is 0. The zero-order valence-corrected chi connectivity index (χ0v) is 12.7. The van der Waals surface area contributed by atoms with Gasteiger partial charge in [0.05, 0.1) is 16.3 Å². The Hall–Kier alpha value is -1.22. The van der Waals surface area contributed by atoms with E-state index in [1.807, 2.05) is 0 Å². The molecule has 0 fully saturated rings. The molecule has 0 aliphatic heterocycles. The molecule has 1 aromatic carbocycles. The van der Waals surface area contributed by atoms with Crippen LogP contribution in [0.4, 0.5) is 5.69 Å². The van der Waals surface area contributed by atoms with Gasteiger partial charge in [0.15, 0.2) is 0 Å². The Morgan fingerprint density at radius 2 is 1.84 bits per heavy atom. The smallest absolute Gasteiger partial charge is 0.335 e. The first-order valence-corrected chi connectivity index (χ1v) is 6.97. The van der Waals surface area contributed by atoms with Gasteiger partial charge >= 0.3 is 5.97 Å². The number of carboxylic acid groups (broad SMARTS) is 1. The van der Waals surface area contributed by atoms with Crippen LogP contribution in [0.1, 0.15) is 38.1 Å². The van der Waals surface area contributed by atoms with Gasteiger partial charge in [0.25, 0.3) is 0 Å². The van der Waals surface area contributed by atoms with Crippen LogP contribution in [0.2, 0.25) is 5.02 Å². The van der Waals surface area contributed by atoms with E-state index >= 15 is 0 Å². The molecular weight excluding hydrogens is 262 g/mol. The Balaban J connectivity index is 2.75. The van der Waals surface area contributed by atoms with Crippen LogP contribution >= 0.6 is 11.6 Å². The fraction of sp³-hybridized carbons (Fsp3) is 0.533. The minimum absolute atomic E-state index is 0.208. The number of carboxylic acids is 1. The number of hydrogen-bond acceptors (Lipinski definition) is 2. The van der Waals surface area contributed by atoms with Crippen LogP contribution in [0, 0.1) is 17.8 Å². The van der Waals surface area contributed by atoms with E-state index < -0.39 is 5.97 Å². The third-order valence-electron chi connectivity index (χ3n) is 3.46. The molecule has 0 amide bonds. The van der Waals surface area contributed by atoms with Gasteiger partial charge in [-0.15, -0.1) is 0 Å². The molecule has 0 saturated carbocycles. The molecule has 0 heterocycles. The Labute approximate surface area is 120 Å². The number of halogens is 1. The van der Waals surface area contributed by atoms with E-state index in [9.17, 15) is 4.79 Å². The molecule has 2 N–H and O–H groups in total. The van der Waals surface area contributed by atoms with Crippen molar-refractivity contribution < 1.29 is 9.90 Å². The van der Waals surface area contributed by atoms with Gasteiger partial charge in [0, 0.05) is 6.54 Å². The van der Waals surface area contributed by atoms with Gasteiger partial charge in [-0.25, -0.2) is 4.79 Å². The zero-order valence-electron chi connectivity index (χ0n) is 11.9. The molecule has 106 valence electrons. The number of nitrogens with one attached hydrogen (secondary N) is 1. The van der Waals surface area contributed by atoms with Gasteiger partial charge in [-0.3, -0.25) is 0 Å². The van der Waals surface area contributed by atoms with Crippen molar-refractivity contribution in [3.05, 3.63) is 28.8 Å². The van der Waals surface area contributed by atoms with Crippen molar-refractivity contribution in [2.45, 2.75) is 27.7 Å². The molecule has 3 nitrogen and oxygen atoms in total. The van der Waals surface area contributed by atoms with Crippen LogP contribution < -0.4 is 5.32 Å². The molecule has 1 aromatic rings. The van der Waals surface area contributed by atoms with Crippen molar-refractivity contribution in [2.75, 3.05) is 11.9 Å². The van der Waals surface area contributed by atoms with E-state index in [2.05, 4.69) is 33.0 Å². The Bertz CT molecular complexity index is 436. The summed E-state index contributed by atoms with van der Waals surface area (Å²) >= 11 is 6.09. The van der Waals surface area contributed by atoms with E-state index in [1.54, 1.807) is 12.1 Å². The molecule has 0 aromatic heterocycles. The van der Waals surface area contributed by atoms with Crippen LogP contribution in [0.5, 0.6) is 0 Å². The average molecular weight is 284 g/mol. The Morgan fingerprint density at radius 3 is 2.26 bits per heavy atom. The van der Waals surface area contributed by atoms with Crippen LogP contribution in [0.3, 0.4) is 0 Å². The molecule has 0 unspecified atom stereocenters. The molecule has 0 spiro atoms. The van der Waals surface area contributed by atoms with E-state index in [0.29, 0.717) is 22.8 Å². The van der Waals surface area contributed by atoms with Gasteiger partial charge in [-0.1, -0.05) is 39.3 Å². The average Bonchev–Trinajstić information content (AvgIpc) is 2.29. The van der Waals surface area contributed by atoms with Crippen molar-refractivity contribution >= 4 is 23.3 Å². The number of carbonyl (C=O) groups is 1. The van der Waals surface area contributed by atoms with Crippen LogP contribution in [-0.4, -0.2) is 17.6 Å². The van der Waals surface area contributed by atoms with E-state index in [4.69, 9.17) is 16.7 Å². The summed E-state index contributed by atoms with van der Waals surface area (Å²) in [6, 6.07) is 4.77. The predicted molar refractivity (Wildman–Crippen MR) is 80.1 cm³/mol. The first-order chi connectivity index (χ1) is 8.82. The first kappa shape index (κ1) is 15.8. The van der Waals surface area contributed by atoms with Gasteiger partial charge in [-0.05, 0) is 36.0 Å². The van der Waals surface area contributed by atoms with Crippen LogP contribution in [-0.2, 0) is 0 Å². The molecule has 0 atom stereocenters. The standard InChI is InChI=1S/C15H22ClNO2/c1-9(2)12(10(3)4)8-17-14-6-5-11(15(18)19)7-13(14)16/h5-7,9-10,12,17H,8H2,1-4H3,(H,18,19). The largest absolute Gasteiger partial charge is 0.478 e. The molecule has 19 heavy (non-hydrogen) atoms. The lowest BCUT2D eigenvalue weighted by molar-refractivity contribution is 0.0697. The summed E-state index contributed by atoms with van der Waals surface area (Å²) in [6.45, 7) is 9.67. The minimum atomic E-state index is -0.962. The van der Waals surface area contributed by atoms with E-state index in [-0.39, 0.29) is 5.56 Å². The summed E-state index contributed by atoms with van der Waals surface area (Å²) in [5.74, 6) is 0.764. The maximum atomic E-state index is 10.8. The third-order valence-corrected chi connectivity index (χ3v) is 3.77. The lowest BCUT2D eigenvalue weighted by Gasteiger charge is -2.25. The summed E-state index contributed by atoms with van der Waals surface area (Å²) < 4.78 is 0. The van der Waals surface area contributed by atoms with Crippen molar-refractivity contribution in [3.63, 3.8) is 0 Å². The zero-order chi connectivity index (χ0) is 14.6. The number of hydrogen-bond donors (Lipinski definition) is 2. The molecular formula is C15H22ClNO2. The van der Waals surface area contributed by atoms with Crippen molar-refractivity contribution in [1.29, 1.82) is 0 Å². The summed E-state index contributed by atoms with van der Waals surface area (Å²) in [5, 5.41) is 12.7. The maximum absolute atomic E-state index is 10.8. The van der Waals surface area contributed by atoms with Crippen LogP contribution in [0.25, 0.3) is 0 Å². The SMILES string of the molecule is CC(C)C(CNc1ccc(C(=O)O)cc1Cl)C(C)C. The monoisotopic (exact) mass is 283 g/mol. The fourth-order valence-electron chi connectivity index (χ4n) is 2.26. The second-order valence-electron chi connectivity index (χ2n) is 5.53. The highest BCUT2D eigenvalue weighted by Gasteiger charge is 2.17. The minimum Gasteiger partial charge on any atom is -0.478 e. The number of anilines is 1. The second-order valence-corrected chi connectivity index (χ2v) is 5.94. The highest BCUT2D eigenvalue weighted by molar-refractivity contribution is 6.33. The Morgan fingerprint density at radius 1 is 1.26 bits per heavy atom. The van der Waals surface area contributed by atoms with Crippen LogP contribution in [0.15, 0.2) is 18.2 Å². The molecule has 4 heteroatoms. The Kier molecular flexibility index (Phi) is 5.67. The summed E-state index contributed by atoms with van der Waals surface area (Å²) in [4.78, 5) is 10.8. The quantitative estimate of drug-likeness (QED) is 0.814. The fourth-order valence-corrected chi connectivity index (χ4v) is 2.51. The van der Waals surface area contributed by atoms with Gasteiger partial charge in [-0.2, -0.15) is 0 Å². The lowest BCUT2D eigenvalue weighted by atomic mass is 9.85. The molecule has 0 saturated heterocycles. The van der Waals surface area contributed by atoms with Gasteiger partial charge in [0.2, 0.25) is 0 Å². The third kappa shape index (κ3) is 4.43. The number of rotatable bonds is 6. The van der Waals surface area contributed by atoms with Gasteiger partial charge < -0.3 is 10.4 Å². The second kappa shape index (κ2) is 6.80. The predicted octanol–water partition coefficient (Wildman–Crippen LogP) is 4.38. The molecule has 0 aliphatic rings. The van der Waals surface area contributed by atoms with E-state index in [1.165, 1.54) is 6.07 Å². The highest BCUT2D eigenvalue weighted by atomic mass is 35.5. The number of aromatic carboxylic acids is 1. The molecule has 0 aliphatic carbocycles. The van der Waals surface area contributed by atoms with Crippen molar-refractivity contribution in [2.24, 2.45) is 17.8 Å². The topological polar surface area (TPSA) is 49.3 Å². The summed E-state index contributed by atoms with van der Waals surface area (Å²) in [5.41, 5.74) is 0.998. The number of benzene rings is 1. The van der Waals surface area contributed by atoms with Gasteiger partial charge in [0.1, 0.15) is 0 Å². The first-order valence-electron chi connectivity index (χ1n) is 6.59. The van der Waals surface area contributed by atoms with Crippen molar-refractivity contribution in [1.82, 2.24) is 0 Å². The lowest BCUT2D eigenvalue weighted by Crippen LogP contribution is -2.24. The summed E-state index contributed by atoms with van der Waals surface area (Å²) in [7, 11) is 0. The highest BCUT2D eigenvalue weighted by Crippen LogP contribution is 2.26. The maximum Gasteiger partial charge on any atom is 0.335 e. The molecule has 0 bridgehead atoms. The van der Waals surface area contributed by atoms with E-state index in [0.717, 1.165) is 12.2 Å².